The highest BCUT2D eigenvalue weighted by molar-refractivity contribution is 7.44. The third kappa shape index (κ3) is 17.4. The van der Waals surface area contributed by atoms with Gasteiger partial charge in [-0.3, -0.25) is 4.79 Å². The molecule has 17 heteroatoms. The fraction of sp³-hybridized carbons (Fsp3) is 0.596. The normalized spacial score (nSPS) is 19.7. The van der Waals surface area contributed by atoms with Gasteiger partial charge in [0.15, 0.2) is 0 Å². The SMILES string of the molecule is COc1ccc(C(OC[C@@H]2C[C@@H](OP(OCCC#N)N(C(C)C)C(C)C)CN2C(=O)CCOCCOCCOCCOCCNC(=O)OCC2[C@H]3CCC#CCC[C@@H]23)(c2ccccc2)c2ccc(OC)cc2)cc1. The van der Waals surface area contributed by atoms with Crippen LogP contribution in [0.4, 0.5) is 4.79 Å². The van der Waals surface area contributed by atoms with Crippen LogP contribution < -0.4 is 14.8 Å². The highest BCUT2D eigenvalue weighted by Gasteiger charge is 2.49. The molecular weight excluding hydrogens is 964 g/mol. The number of carbonyl (C=O) groups excluding carboxylic acids is 2. The second-order valence-electron chi connectivity index (χ2n) is 19.2. The number of alkyl carbamates (subject to hydrolysis) is 1. The monoisotopic (exact) mass is 1040 g/mol. The first-order chi connectivity index (χ1) is 36.1. The van der Waals surface area contributed by atoms with E-state index >= 15 is 0 Å². The van der Waals surface area contributed by atoms with Crippen molar-refractivity contribution in [2.75, 3.05) is 100.0 Å². The lowest BCUT2D eigenvalue weighted by Crippen LogP contribution is -2.42. The molecular formula is C57H79N4O12P. The fourth-order valence-corrected chi connectivity index (χ4v) is 11.6. The number of hydrogen-bond donors (Lipinski definition) is 1. The van der Waals surface area contributed by atoms with Crippen molar-refractivity contribution in [1.29, 1.82) is 5.26 Å². The number of likely N-dealkylation sites (tertiary alicyclic amines) is 1. The number of fused-ring (bicyclic) bond motifs is 1. The second-order valence-corrected chi connectivity index (χ2v) is 20.6. The molecule has 1 aliphatic heterocycles. The first kappa shape index (κ1) is 58.4. The van der Waals surface area contributed by atoms with Gasteiger partial charge in [0.1, 0.15) is 17.1 Å². The summed E-state index contributed by atoms with van der Waals surface area (Å²) in [6.45, 7) is 12.8. The molecule has 6 atom stereocenters. The van der Waals surface area contributed by atoms with Crippen molar-refractivity contribution >= 4 is 20.5 Å². The summed E-state index contributed by atoms with van der Waals surface area (Å²) in [5, 5.41) is 12.1. The van der Waals surface area contributed by atoms with Gasteiger partial charge in [-0.2, -0.15) is 5.26 Å². The minimum absolute atomic E-state index is 0.0804. The van der Waals surface area contributed by atoms with E-state index in [0.717, 1.165) is 42.4 Å². The summed E-state index contributed by atoms with van der Waals surface area (Å²) in [6.07, 6.45) is 4.21. The number of methoxy groups -OCH3 is 2. The van der Waals surface area contributed by atoms with Gasteiger partial charge in [0.2, 0.25) is 5.91 Å². The fourth-order valence-electron chi connectivity index (χ4n) is 9.93. The first-order valence-electron chi connectivity index (χ1n) is 26.3. The van der Waals surface area contributed by atoms with Crippen LogP contribution in [0.15, 0.2) is 78.9 Å². The minimum Gasteiger partial charge on any atom is -0.497 e. The van der Waals surface area contributed by atoms with Crippen LogP contribution in [-0.2, 0) is 47.9 Å². The molecule has 0 bridgehead atoms. The van der Waals surface area contributed by atoms with Gasteiger partial charge in [-0.15, -0.1) is 11.8 Å². The zero-order valence-electron chi connectivity index (χ0n) is 44.4. The summed E-state index contributed by atoms with van der Waals surface area (Å²) in [6, 6.07) is 27.9. The lowest BCUT2D eigenvalue weighted by atomic mass is 9.80. The molecule has 0 spiro atoms. The molecule has 1 heterocycles. The molecule has 74 heavy (non-hydrogen) atoms. The van der Waals surface area contributed by atoms with Crippen LogP contribution in [0.1, 0.15) is 89.3 Å². The van der Waals surface area contributed by atoms with Crippen LogP contribution in [0.5, 0.6) is 11.5 Å². The molecule has 16 nitrogen and oxygen atoms in total. The molecule has 2 aliphatic carbocycles. The average Bonchev–Trinajstić information content (AvgIpc) is 3.87. The van der Waals surface area contributed by atoms with Gasteiger partial charge in [0.25, 0.3) is 8.53 Å². The molecule has 1 saturated carbocycles. The van der Waals surface area contributed by atoms with Crippen molar-refractivity contribution in [1.82, 2.24) is 14.9 Å². The maximum Gasteiger partial charge on any atom is 0.407 e. The number of ether oxygens (including phenoxy) is 8. The molecule has 0 aromatic heterocycles. The highest BCUT2D eigenvalue weighted by atomic mass is 31.2. The van der Waals surface area contributed by atoms with Crippen molar-refractivity contribution in [2.45, 2.75) is 102 Å². The number of nitriles is 1. The zero-order chi connectivity index (χ0) is 52.5. The van der Waals surface area contributed by atoms with Crippen LogP contribution >= 0.6 is 8.53 Å². The van der Waals surface area contributed by atoms with E-state index in [1.165, 1.54) is 0 Å². The molecule has 2 fully saturated rings. The molecule has 3 aromatic carbocycles. The van der Waals surface area contributed by atoms with Crippen LogP contribution in [0.25, 0.3) is 0 Å². The summed E-state index contributed by atoms with van der Waals surface area (Å²) in [7, 11) is 1.72. The van der Waals surface area contributed by atoms with Crippen molar-refractivity contribution in [3.05, 3.63) is 95.6 Å². The molecule has 3 aromatic rings. The predicted octanol–water partition coefficient (Wildman–Crippen LogP) is 8.90. The van der Waals surface area contributed by atoms with E-state index in [2.05, 4.69) is 67.7 Å². The standard InChI is InChI=1S/C57H79N4O12P/c1-43(2)61(44(3)4)74(72-30-14-28-58)73-51-39-48(41-71-57(45-15-10-9-11-16-45,46-19-23-49(64-5)24-20-46)47-21-25-50(65-6)26-22-47)60(40-51)55(62)27-31-66-33-35-68-37-38-69-36-34-67-32-29-59-56(63)70-42-54-52-17-12-7-8-13-18-53(52)54/h9-11,15-16,19-26,43-44,48,51-54H,12-14,17-18,27,29-42H2,1-6H3,(H,59,63)/t48-,51+,52-,53+,54?,74?/m0/s1. The van der Waals surface area contributed by atoms with Gasteiger partial charge < -0.3 is 57.2 Å². The Morgan fingerprint density at radius 2 is 1.28 bits per heavy atom. The zero-order valence-corrected chi connectivity index (χ0v) is 45.3. The molecule has 1 N–H and O–H groups in total. The smallest absolute Gasteiger partial charge is 0.407 e. The number of carbonyl (C=O) groups is 2. The maximum atomic E-state index is 14.3. The maximum absolute atomic E-state index is 14.3. The third-order valence-electron chi connectivity index (χ3n) is 13.6. The van der Waals surface area contributed by atoms with E-state index in [1.54, 1.807) is 14.2 Å². The average molecular weight is 1040 g/mol. The van der Waals surface area contributed by atoms with Gasteiger partial charge in [-0.25, -0.2) is 9.46 Å². The van der Waals surface area contributed by atoms with E-state index in [0.29, 0.717) is 102 Å². The van der Waals surface area contributed by atoms with Crippen LogP contribution in [0.2, 0.25) is 0 Å². The lowest BCUT2D eigenvalue weighted by Gasteiger charge is -2.38. The van der Waals surface area contributed by atoms with Crippen molar-refractivity contribution in [3.63, 3.8) is 0 Å². The Labute approximate surface area is 440 Å². The Bertz CT molecular complexity index is 2150. The number of rotatable bonds is 33. The largest absolute Gasteiger partial charge is 0.497 e. The Morgan fingerprint density at radius 3 is 1.82 bits per heavy atom. The van der Waals surface area contributed by atoms with Gasteiger partial charge in [0.05, 0.1) is 118 Å². The third-order valence-corrected chi connectivity index (χ3v) is 15.8. The molecule has 1 saturated heterocycles. The molecule has 3 aliphatic rings. The number of amides is 2. The van der Waals surface area contributed by atoms with Gasteiger partial charge in [-0.1, -0.05) is 54.6 Å². The number of hydrogen-bond acceptors (Lipinski definition) is 14. The van der Waals surface area contributed by atoms with Crippen molar-refractivity contribution < 1.29 is 56.5 Å². The van der Waals surface area contributed by atoms with Crippen LogP contribution in [-0.4, -0.2) is 146 Å². The topological polar surface area (TPSA) is 169 Å². The Kier molecular flexibility index (Phi) is 24.7. The van der Waals surface area contributed by atoms with Crippen LogP contribution in [0, 0.1) is 40.9 Å². The van der Waals surface area contributed by atoms with E-state index in [1.807, 2.05) is 71.6 Å². The van der Waals surface area contributed by atoms with Gasteiger partial charge >= 0.3 is 6.09 Å². The van der Waals surface area contributed by atoms with Crippen molar-refractivity contribution in [3.8, 4) is 29.4 Å². The Morgan fingerprint density at radius 1 is 0.743 bits per heavy atom. The summed E-state index contributed by atoms with van der Waals surface area (Å²) in [5.74, 6) is 9.52. The van der Waals surface area contributed by atoms with Gasteiger partial charge in [-0.05, 0) is 106 Å². The Hall–Kier alpha value is -4.84. The number of nitrogens with zero attached hydrogens (tertiary/aromatic N) is 3. The number of benzene rings is 3. The Balaban J connectivity index is 0.988. The molecule has 2 amide bonds. The summed E-state index contributed by atoms with van der Waals surface area (Å²) >= 11 is 0. The minimum atomic E-state index is -1.56. The molecule has 0 radical (unpaired) electrons. The second kappa shape index (κ2) is 31.3. The van der Waals surface area contributed by atoms with Crippen LogP contribution in [0.3, 0.4) is 0 Å². The molecule has 404 valence electrons. The predicted molar refractivity (Wildman–Crippen MR) is 282 cm³/mol. The summed E-state index contributed by atoms with van der Waals surface area (Å²) in [4.78, 5) is 28.3. The molecule has 6 rings (SSSR count). The highest BCUT2D eigenvalue weighted by Crippen LogP contribution is 2.52. The van der Waals surface area contributed by atoms with E-state index in [-0.39, 0.29) is 62.8 Å². The summed E-state index contributed by atoms with van der Waals surface area (Å²) in [5.41, 5.74) is 1.60. The van der Waals surface area contributed by atoms with Crippen molar-refractivity contribution in [2.24, 2.45) is 17.8 Å². The van der Waals surface area contributed by atoms with E-state index in [9.17, 15) is 14.9 Å². The van der Waals surface area contributed by atoms with E-state index in [4.69, 9.17) is 46.9 Å². The first-order valence-corrected chi connectivity index (χ1v) is 27.4. The quantitative estimate of drug-likeness (QED) is 0.0266. The molecule has 2 unspecified atom stereocenters. The van der Waals surface area contributed by atoms with Gasteiger partial charge in [0, 0.05) is 38.0 Å². The number of nitrogens with one attached hydrogen (secondary N) is 1. The lowest BCUT2D eigenvalue weighted by molar-refractivity contribution is -0.135. The van der Waals surface area contributed by atoms with E-state index < -0.39 is 20.2 Å². The summed E-state index contributed by atoms with van der Waals surface area (Å²) < 4.78 is 62.1.